The fourth-order valence-electron chi connectivity index (χ4n) is 2.26. The maximum absolute atomic E-state index is 11.6. The zero-order valence-corrected chi connectivity index (χ0v) is 11.7. The monoisotopic (exact) mass is 264 g/mol. The van der Waals surface area contributed by atoms with Crippen molar-refractivity contribution in [2.75, 3.05) is 0 Å². The largest absolute Gasteiger partial charge is 0.295 e. The van der Waals surface area contributed by atoms with Crippen molar-refractivity contribution < 1.29 is 13.0 Å². The van der Waals surface area contributed by atoms with Crippen molar-refractivity contribution in [3.05, 3.63) is 40.5 Å². The third-order valence-corrected chi connectivity index (χ3v) is 4.62. The van der Waals surface area contributed by atoms with Crippen molar-refractivity contribution in [2.24, 2.45) is 0 Å². The highest BCUT2D eigenvalue weighted by atomic mass is 32.2. The number of rotatable bonds is 1. The zero-order chi connectivity index (χ0) is 13.7. The van der Waals surface area contributed by atoms with Crippen LogP contribution in [0.15, 0.2) is 23.1 Å². The number of aryl methyl sites for hydroxylation is 3. The summed E-state index contributed by atoms with van der Waals surface area (Å²) in [4.78, 5) is 0.0283. The summed E-state index contributed by atoms with van der Waals surface area (Å²) < 4.78 is 32.6. The Morgan fingerprint density at radius 3 is 2.06 bits per heavy atom. The van der Waals surface area contributed by atoms with Crippen molar-refractivity contribution in [1.29, 1.82) is 0 Å². The van der Waals surface area contributed by atoms with E-state index in [9.17, 15) is 13.0 Å². The van der Waals surface area contributed by atoms with E-state index in [-0.39, 0.29) is 4.90 Å². The highest BCUT2D eigenvalue weighted by molar-refractivity contribution is 7.86. The Kier molecular flexibility index (Phi) is 2.95. The van der Waals surface area contributed by atoms with E-state index < -0.39 is 10.1 Å². The molecule has 0 aliphatic carbocycles. The lowest BCUT2D eigenvalue weighted by molar-refractivity contribution is 0.483. The number of hydrogen-bond acceptors (Lipinski definition) is 2. The molecule has 18 heavy (non-hydrogen) atoms. The lowest BCUT2D eigenvalue weighted by atomic mass is 9.96. The Bertz CT molecular complexity index is 743. The van der Waals surface area contributed by atoms with Crippen LogP contribution in [0.4, 0.5) is 0 Å². The summed E-state index contributed by atoms with van der Waals surface area (Å²) in [6.45, 7) is 7.51. The van der Waals surface area contributed by atoms with Gasteiger partial charge in [-0.15, -0.1) is 0 Å². The summed E-state index contributed by atoms with van der Waals surface area (Å²) >= 11 is 0. The Morgan fingerprint density at radius 2 is 1.50 bits per heavy atom. The Hall–Kier alpha value is -1.39. The molecule has 0 atom stereocenters. The molecular formula is C14H16O3S. The van der Waals surface area contributed by atoms with Crippen molar-refractivity contribution >= 4 is 20.9 Å². The molecule has 3 nitrogen and oxygen atoms in total. The summed E-state index contributed by atoms with van der Waals surface area (Å²) in [5.74, 6) is 0. The normalized spacial score (nSPS) is 12.1. The molecule has 0 fully saturated rings. The minimum Gasteiger partial charge on any atom is -0.282 e. The molecule has 2 aromatic carbocycles. The van der Waals surface area contributed by atoms with Crippen molar-refractivity contribution in [2.45, 2.75) is 32.6 Å². The quantitative estimate of drug-likeness (QED) is 0.804. The van der Waals surface area contributed by atoms with E-state index in [4.69, 9.17) is 0 Å². The van der Waals surface area contributed by atoms with Gasteiger partial charge in [0.05, 0.1) is 0 Å². The molecule has 0 radical (unpaired) electrons. The van der Waals surface area contributed by atoms with Gasteiger partial charge in [0.2, 0.25) is 0 Å². The molecule has 2 aromatic rings. The molecule has 0 aromatic heterocycles. The summed E-state index contributed by atoms with van der Waals surface area (Å²) in [7, 11) is -4.21. The SMILES string of the molecule is Cc1cc2c(C)c(C)ccc2c(S(=O)(=O)O)c1C. The number of hydrogen-bond donors (Lipinski definition) is 1. The summed E-state index contributed by atoms with van der Waals surface area (Å²) in [6, 6.07) is 5.61. The van der Waals surface area contributed by atoms with Gasteiger partial charge >= 0.3 is 0 Å². The van der Waals surface area contributed by atoms with Gasteiger partial charge < -0.3 is 0 Å². The van der Waals surface area contributed by atoms with E-state index in [1.54, 1.807) is 13.0 Å². The minimum absolute atomic E-state index is 0.0283. The molecule has 0 bridgehead atoms. The third-order valence-electron chi connectivity index (χ3n) is 3.58. The maximum atomic E-state index is 11.6. The van der Waals surface area contributed by atoms with E-state index in [0.29, 0.717) is 10.9 Å². The van der Waals surface area contributed by atoms with Gasteiger partial charge in [0.1, 0.15) is 4.90 Å². The molecule has 0 aliphatic heterocycles. The smallest absolute Gasteiger partial charge is 0.282 e. The van der Waals surface area contributed by atoms with Crippen LogP contribution in [0.2, 0.25) is 0 Å². The first-order valence-electron chi connectivity index (χ1n) is 5.71. The van der Waals surface area contributed by atoms with Crippen molar-refractivity contribution in [1.82, 2.24) is 0 Å². The van der Waals surface area contributed by atoms with Gasteiger partial charge in [0.25, 0.3) is 10.1 Å². The predicted octanol–water partition coefficient (Wildman–Crippen LogP) is 3.32. The number of benzene rings is 2. The lowest BCUT2D eigenvalue weighted by Crippen LogP contribution is -2.04. The van der Waals surface area contributed by atoms with E-state index in [1.807, 2.05) is 32.9 Å². The molecule has 0 aliphatic rings. The molecule has 0 unspecified atom stereocenters. The molecular weight excluding hydrogens is 248 g/mol. The maximum Gasteiger partial charge on any atom is 0.295 e. The van der Waals surface area contributed by atoms with Crippen LogP contribution in [0, 0.1) is 27.7 Å². The van der Waals surface area contributed by atoms with Crippen LogP contribution >= 0.6 is 0 Å². The third kappa shape index (κ3) is 1.91. The second-order valence-corrected chi connectivity index (χ2v) is 6.08. The molecule has 96 valence electrons. The van der Waals surface area contributed by atoms with Crippen LogP contribution in [0.25, 0.3) is 10.8 Å². The second kappa shape index (κ2) is 4.07. The van der Waals surface area contributed by atoms with Crippen LogP contribution in [-0.4, -0.2) is 13.0 Å². The molecule has 0 amide bonds. The molecule has 0 saturated heterocycles. The topological polar surface area (TPSA) is 54.4 Å². The molecule has 0 heterocycles. The molecule has 4 heteroatoms. The predicted molar refractivity (Wildman–Crippen MR) is 72.7 cm³/mol. The first-order chi connectivity index (χ1) is 8.23. The van der Waals surface area contributed by atoms with Gasteiger partial charge in [-0.3, -0.25) is 4.55 Å². The van der Waals surface area contributed by atoms with E-state index >= 15 is 0 Å². The van der Waals surface area contributed by atoms with Gasteiger partial charge in [0, 0.05) is 5.39 Å². The summed E-state index contributed by atoms with van der Waals surface area (Å²) in [5, 5.41) is 1.47. The van der Waals surface area contributed by atoms with Crippen LogP contribution < -0.4 is 0 Å². The standard InChI is InChI=1S/C14H16O3S/c1-8-5-6-12-13(10(8)3)7-9(2)11(4)14(12)18(15,16)17/h5-7H,1-4H3,(H,15,16,17). The highest BCUT2D eigenvalue weighted by Crippen LogP contribution is 2.32. The van der Waals surface area contributed by atoms with E-state index in [0.717, 1.165) is 22.1 Å². The van der Waals surface area contributed by atoms with Crippen molar-refractivity contribution in [3.63, 3.8) is 0 Å². The second-order valence-electron chi connectivity index (χ2n) is 4.73. The fraction of sp³-hybridized carbons (Fsp3) is 0.286. The Labute approximate surface area is 107 Å². The van der Waals surface area contributed by atoms with Crippen LogP contribution in [0.3, 0.4) is 0 Å². The van der Waals surface area contributed by atoms with Gasteiger partial charge in [-0.1, -0.05) is 18.2 Å². The van der Waals surface area contributed by atoms with Gasteiger partial charge in [-0.2, -0.15) is 8.42 Å². The van der Waals surface area contributed by atoms with Crippen LogP contribution in [-0.2, 0) is 10.1 Å². The fourth-order valence-corrected chi connectivity index (χ4v) is 3.26. The summed E-state index contributed by atoms with van der Waals surface area (Å²) in [6.07, 6.45) is 0. The molecule has 0 spiro atoms. The van der Waals surface area contributed by atoms with E-state index in [1.165, 1.54) is 0 Å². The average Bonchev–Trinajstić information content (AvgIpc) is 2.25. The van der Waals surface area contributed by atoms with Crippen LogP contribution in [0.5, 0.6) is 0 Å². The Morgan fingerprint density at radius 1 is 0.889 bits per heavy atom. The van der Waals surface area contributed by atoms with Gasteiger partial charge in [-0.05, 0) is 55.3 Å². The average molecular weight is 264 g/mol. The van der Waals surface area contributed by atoms with Crippen LogP contribution in [0.1, 0.15) is 22.3 Å². The first-order valence-corrected chi connectivity index (χ1v) is 7.15. The first kappa shape index (κ1) is 13.1. The molecule has 0 saturated carbocycles. The van der Waals surface area contributed by atoms with Gasteiger partial charge in [0.15, 0.2) is 0 Å². The minimum atomic E-state index is -4.21. The highest BCUT2D eigenvalue weighted by Gasteiger charge is 2.19. The van der Waals surface area contributed by atoms with Gasteiger partial charge in [-0.25, -0.2) is 0 Å². The lowest BCUT2D eigenvalue weighted by Gasteiger charge is -2.13. The molecule has 1 N–H and O–H groups in total. The zero-order valence-electron chi connectivity index (χ0n) is 10.9. The van der Waals surface area contributed by atoms with Crippen molar-refractivity contribution in [3.8, 4) is 0 Å². The Balaban J connectivity index is 3.11. The van der Waals surface area contributed by atoms with E-state index in [2.05, 4.69) is 0 Å². The summed E-state index contributed by atoms with van der Waals surface area (Å²) in [5.41, 5.74) is 3.62. The number of fused-ring (bicyclic) bond motifs is 1. The molecule has 2 rings (SSSR count).